The first-order chi connectivity index (χ1) is 9.99. The molecule has 2 aromatic rings. The maximum Gasteiger partial charge on any atom is 0.339 e. The number of carboxylic acids is 1. The topological polar surface area (TPSA) is 72.5 Å². The van der Waals surface area contributed by atoms with Gasteiger partial charge in [0.2, 0.25) is 0 Å². The van der Waals surface area contributed by atoms with Gasteiger partial charge in [-0.15, -0.1) is 0 Å². The standard InChI is InChI=1S/C17H19NO3/c1-11(2)13-8-6-12(7-9-13)10-21-16-14(17(19)20)4-3-5-15(16)18/h3-9,11H,10,18H2,1-2H3,(H,19,20). The summed E-state index contributed by atoms with van der Waals surface area (Å²) < 4.78 is 5.61. The van der Waals surface area contributed by atoms with Gasteiger partial charge >= 0.3 is 5.97 Å². The Balaban J connectivity index is 2.15. The van der Waals surface area contributed by atoms with Crippen LogP contribution >= 0.6 is 0 Å². The van der Waals surface area contributed by atoms with Crippen LogP contribution in [0.2, 0.25) is 0 Å². The number of nitrogens with two attached hydrogens (primary N) is 1. The number of carboxylic acid groups (broad SMARTS) is 1. The third kappa shape index (κ3) is 3.54. The fraction of sp³-hybridized carbons (Fsp3) is 0.235. The molecule has 3 N–H and O–H groups in total. The molecule has 0 aromatic heterocycles. The Morgan fingerprint density at radius 1 is 1.19 bits per heavy atom. The highest BCUT2D eigenvalue weighted by molar-refractivity contribution is 5.93. The Morgan fingerprint density at radius 3 is 2.43 bits per heavy atom. The molecule has 21 heavy (non-hydrogen) atoms. The minimum Gasteiger partial charge on any atom is -0.486 e. The van der Waals surface area contributed by atoms with Crippen molar-refractivity contribution in [3.63, 3.8) is 0 Å². The summed E-state index contributed by atoms with van der Waals surface area (Å²) in [6.07, 6.45) is 0. The van der Waals surface area contributed by atoms with Crippen molar-refractivity contribution >= 4 is 11.7 Å². The van der Waals surface area contributed by atoms with E-state index in [0.29, 0.717) is 11.6 Å². The molecule has 0 amide bonds. The number of para-hydroxylation sites is 1. The molecule has 0 heterocycles. The smallest absolute Gasteiger partial charge is 0.339 e. The van der Waals surface area contributed by atoms with Crippen LogP contribution in [-0.4, -0.2) is 11.1 Å². The highest BCUT2D eigenvalue weighted by atomic mass is 16.5. The van der Waals surface area contributed by atoms with E-state index in [-0.39, 0.29) is 17.9 Å². The number of hydrogen-bond donors (Lipinski definition) is 2. The lowest BCUT2D eigenvalue weighted by molar-refractivity contribution is 0.0692. The minimum absolute atomic E-state index is 0.0776. The summed E-state index contributed by atoms with van der Waals surface area (Å²) in [7, 11) is 0. The van der Waals surface area contributed by atoms with E-state index in [1.165, 1.54) is 11.6 Å². The quantitative estimate of drug-likeness (QED) is 0.822. The lowest BCUT2D eigenvalue weighted by Gasteiger charge is -2.12. The van der Waals surface area contributed by atoms with Crippen LogP contribution in [0, 0.1) is 0 Å². The second kappa shape index (κ2) is 6.31. The third-order valence-corrected chi connectivity index (χ3v) is 3.31. The average molecular weight is 285 g/mol. The van der Waals surface area contributed by atoms with Gasteiger partial charge in [-0.05, 0) is 29.2 Å². The molecule has 0 saturated heterocycles. The van der Waals surface area contributed by atoms with Gasteiger partial charge in [-0.3, -0.25) is 0 Å². The Bertz CT molecular complexity index is 633. The van der Waals surface area contributed by atoms with Crippen molar-refractivity contribution < 1.29 is 14.6 Å². The number of anilines is 1. The summed E-state index contributed by atoms with van der Waals surface area (Å²) in [5, 5.41) is 9.15. The van der Waals surface area contributed by atoms with E-state index < -0.39 is 5.97 Å². The first-order valence-electron chi connectivity index (χ1n) is 6.82. The molecule has 0 aliphatic carbocycles. The number of benzene rings is 2. The summed E-state index contributed by atoms with van der Waals surface area (Å²) >= 11 is 0. The van der Waals surface area contributed by atoms with Gasteiger partial charge in [0.25, 0.3) is 0 Å². The first-order valence-corrected chi connectivity index (χ1v) is 6.82. The first kappa shape index (κ1) is 14.9. The van der Waals surface area contributed by atoms with Crippen LogP contribution in [-0.2, 0) is 6.61 Å². The molecule has 0 bridgehead atoms. The molecule has 2 aromatic carbocycles. The molecular formula is C17H19NO3. The van der Waals surface area contributed by atoms with E-state index in [2.05, 4.69) is 26.0 Å². The van der Waals surface area contributed by atoms with Crippen molar-refractivity contribution in [3.05, 3.63) is 59.2 Å². The van der Waals surface area contributed by atoms with Crippen LogP contribution in [0.3, 0.4) is 0 Å². The summed E-state index contributed by atoms with van der Waals surface area (Å²) in [5.41, 5.74) is 8.43. The van der Waals surface area contributed by atoms with Gasteiger partial charge in [0.15, 0.2) is 5.75 Å². The number of hydrogen-bond acceptors (Lipinski definition) is 3. The van der Waals surface area contributed by atoms with Gasteiger partial charge in [-0.2, -0.15) is 0 Å². The fourth-order valence-electron chi connectivity index (χ4n) is 2.04. The molecule has 4 heteroatoms. The maximum atomic E-state index is 11.2. The van der Waals surface area contributed by atoms with Crippen LogP contribution in [0.5, 0.6) is 5.75 Å². The van der Waals surface area contributed by atoms with E-state index in [1.807, 2.05) is 12.1 Å². The van der Waals surface area contributed by atoms with Crippen molar-refractivity contribution in [2.45, 2.75) is 26.4 Å². The van der Waals surface area contributed by atoms with Crippen LogP contribution in [0.25, 0.3) is 0 Å². The molecule has 0 spiro atoms. The van der Waals surface area contributed by atoms with Gasteiger partial charge in [0, 0.05) is 0 Å². The monoisotopic (exact) mass is 285 g/mol. The normalized spacial score (nSPS) is 10.6. The largest absolute Gasteiger partial charge is 0.486 e. The average Bonchev–Trinajstić information content (AvgIpc) is 2.46. The Hall–Kier alpha value is -2.49. The molecule has 0 aliphatic rings. The van der Waals surface area contributed by atoms with E-state index in [9.17, 15) is 4.79 Å². The van der Waals surface area contributed by atoms with Crippen LogP contribution in [0.4, 0.5) is 5.69 Å². The maximum absolute atomic E-state index is 11.2. The summed E-state index contributed by atoms with van der Waals surface area (Å²) in [5.74, 6) is -0.353. The zero-order valence-corrected chi connectivity index (χ0v) is 12.2. The predicted molar refractivity (Wildman–Crippen MR) is 82.7 cm³/mol. The number of nitrogen functional groups attached to an aromatic ring is 1. The molecular weight excluding hydrogens is 266 g/mol. The van der Waals surface area contributed by atoms with Gasteiger partial charge in [0.05, 0.1) is 5.69 Å². The van der Waals surface area contributed by atoms with Crippen LogP contribution in [0.1, 0.15) is 41.3 Å². The Kier molecular flexibility index (Phi) is 4.48. The highest BCUT2D eigenvalue weighted by Gasteiger charge is 2.14. The fourth-order valence-corrected chi connectivity index (χ4v) is 2.04. The van der Waals surface area contributed by atoms with Gasteiger partial charge in [-0.1, -0.05) is 44.2 Å². The van der Waals surface area contributed by atoms with Crippen molar-refractivity contribution in [1.82, 2.24) is 0 Å². The zero-order chi connectivity index (χ0) is 15.4. The molecule has 0 saturated carbocycles. The van der Waals surface area contributed by atoms with E-state index in [4.69, 9.17) is 15.6 Å². The molecule has 4 nitrogen and oxygen atoms in total. The predicted octanol–water partition coefficient (Wildman–Crippen LogP) is 3.67. The van der Waals surface area contributed by atoms with Crippen molar-refractivity contribution in [2.24, 2.45) is 0 Å². The zero-order valence-electron chi connectivity index (χ0n) is 12.2. The number of ether oxygens (including phenoxy) is 1. The molecule has 2 rings (SSSR count). The summed E-state index contributed by atoms with van der Waals surface area (Å²) in [4.78, 5) is 11.2. The second-order valence-corrected chi connectivity index (χ2v) is 5.21. The molecule has 0 aliphatic heterocycles. The third-order valence-electron chi connectivity index (χ3n) is 3.31. The molecule has 0 unspecified atom stereocenters. The summed E-state index contributed by atoms with van der Waals surface area (Å²) in [6, 6.07) is 12.8. The van der Waals surface area contributed by atoms with Crippen LogP contribution in [0.15, 0.2) is 42.5 Å². The highest BCUT2D eigenvalue weighted by Crippen LogP contribution is 2.27. The van der Waals surface area contributed by atoms with Gasteiger partial charge in [-0.25, -0.2) is 4.79 Å². The van der Waals surface area contributed by atoms with Crippen LogP contribution < -0.4 is 10.5 Å². The van der Waals surface area contributed by atoms with Gasteiger partial charge in [0.1, 0.15) is 12.2 Å². The van der Waals surface area contributed by atoms with Crippen molar-refractivity contribution in [2.75, 3.05) is 5.73 Å². The lowest BCUT2D eigenvalue weighted by atomic mass is 10.0. The Morgan fingerprint density at radius 2 is 1.86 bits per heavy atom. The summed E-state index contributed by atoms with van der Waals surface area (Å²) in [6.45, 7) is 4.55. The number of rotatable bonds is 5. The minimum atomic E-state index is -1.05. The molecule has 0 radical (unpaired) electrons. The lowest BCUT2D eigenvalue weighted by Crippen LogP contribution is -2.06. The van der Waals surface area contributed by atoms with Gasteiger partial charge < -0.3 is 15.6 Å². The Labute approximate surface area is 124 Å². The molecule has 110 valence electrons. The molecule has 0 fully saturated rings. The van der Waals surface area contributed by atoms with Crippen molar-refractivity contribution in [1.29, 1.82) is 0 Å². The SMILES string of the molecule is CC(C)c1ccc(COc2c(N)cccc2C(=O)O)cc1. The number of carbonyl (C=O) groups is 1. The molecule has 0 atom stereocenters. The van der Waals surface area contributed by atoms with E-state index in [1.54, 1.807) is 12.1 Å². The van der Waals surface area contributed by atoms with E-state index >= 15 is 0 Å². The second-order valence-electron chi connectivity index (χ2n) is 5.21. The van der Waals surface area contributed by atoms with E-state index in [0.717, 1.165) is 5.56 Å². The van der Waals surface area contributed by atoms with Crippen molar-refractivity contribution in [3.8, 4) is 5.75 Å². The number of aromatic carboxylic acids is 1.